The largest absolute Gasteiger partial charge is 0.490 e. The van der Waals surface area contributed by atoms with E-state index in [1.54, 1.807) is 54.1 Å². The fourth-order valence-corrected chi connectivity index (χ4v) is 4.88. The highest BCUT2D eigenvalue weighted by atomic mass is 16.5. The Bertz CT molecular complexity index is 1210. The van der Waals surface area contributed by atoms with Crippen LogP contribution < -0.4 is 15.4 Å². The molecule has 11 heteroatoms. The van der Waals surface area contributed by atoms with Gasteiger partial charge in [-0.25, -0.2) is 4.79 Å². The zero-order valence-electron chi connectivity index (χ0n) is 26.2. The van der Waals surface area contributed by atoms with E-state index < -0.39 is 6.04 Å². The van der Waals surface area contributed by atoms with Crippen molar-refractivity contribution >= 4 is 23.5 Å². The smallest absolute Gasteiger partial charge is 0.317 e. The molecular formula is C32H47N5O6. The molecule has 2 aromatic rings. The number of fused-ring (bicyclic) bond motifs is 1. The van der Waals surface area contributed by atoms with Gasteiger partial charge in [0.05, 0.1) is 30.4 Å². The lowest BCUT2D eigenvalue weighted by Gasteiger charge is -2.36. The second-order valence-electron chi connectivity index (χ2n) is 11.7. The minimum atomic E-state index is -0.509. The molecule has 0 radical (unpaired) electrons. The number of amides is 4. The number of aromatic nitrogens is 1. The lowest BCUT2D eigenvalue weighted by molar-refractivity contribution is -0.0122. The first-order valence-corrected chi connectivity index (χ1v) is 15.1. The molecule has 11 nitrogen and oxygen atoms in total. The molecule has 0 saturated heterocycles. The predicted molar refractivity (Wildman–Crippen MR) is 165 cm³/mol. The maximum atomic E-state index is 14.2. The van der Waals surface area contributed by atoms with Crippen LogP contribution in [-0.2, 0) is 4.74 Å². The van der Waals surface area contributed by atoms with Crippen molar-refractivity contribution in [3.63, 3.8) is 0 Å². The zero-order valence-corrected chi connectivity index (χ0v) is 26.2. The van der Waals surface area contributed by atoms with Crippen molar-refractivity contribution in [3.8, 4) is 5.75 Å². The molecule has 1 aromatic carbocycles. The number of pyridine rings is 1. The molecule has 3 N–H and O–H groups in total. The number of rotatable bonds is 7. The van der Waals surface area contributed by atoms with E-state index >= 15 is 0 Å². The standard InChI is InChI=1S/C32H47N5O6/c1-21(2)34-32(41)36(6)19-29-22(3)18-37(23(4)20-38)31(40)27-17-26(35-30(39)25-12-14-33-15-13-25)10-11-28(27)43-24(5)9-7-8-16-42-29/h10-15,17,21-24,29,38H,7-9,16,18-20H2,1-6H3,(H,34,41)(H,35,39)/t22-,23+,24+,29-/m0/s1. The molecule has 3 rings (SSSR count). The third kappa shape index (κ3) is 9.93. The van der Waals surface area contributed by atoms with E-state index in [9.17, 15) is 19.5 Å². The fraction of sp³-hybridized carbons (Fsp3) is 0.562. The maximum Gasteiger partial charge on any atom is 0.317 e. The van der Waals surface area contributed by atoms with Crippen LogP contribution in [0.25, 0.3) is 0 Å². The molecule has 0 fully saturated rings. The highest BCUT2D eigenvalue weighted by molar-refractivity contribution is 6.05. The summed E-state index contributed by atoms with van der Waals surface area (Å²) in [5.74, 6) is -0.424. The van der Waals surface area contributed by atoms with Gasteiger partial charge in [-0.15, -0.1) is 0 Å². The van der Waals surface area contributed by atoms with Crippen molar-refractivity contribution in [3.05, 3.63) is 53.9 Å². The number of aliphatic hydroxyl groups is 1. The van der Waals surface area contributed by atoms with Gasteiger partial charge >= 0.3 is 6.03 Å². The second-order valence-corrected chi connectivity index (χ2v) is 11.7. The average Bonchev–Trinajstić information content (AvgIpc) is 2.98. The Labute approximate surface area is 254 Å². The quantitative estimate of drug-likeness (QED) is 0.436. The minimum Gasteiger partial charge on any atom is -0.490 e. The van der Waals surface area contributed by atoms with Crippen LogP contribution in [0.15, 0.2) is 42.7 Å². The molecule has 0 saturated carbocycles. The highest BCUT2D eigenvalue weighted by Crippen LogP contribution is 2.28. The molecule has 4 amide bonds. The van der Waals surface area contributed by atoms with E-state index in [1.807, 2.05) is 27.7 Å². The Morgan fingerprint density at radius 2 is 1.86 bits per heavy atom. The summed E-state index contributed by atoms with van der Waals surface area (Å²) in [5.41, 5.74) is 1.17. The Morgan fingerprint density at radius 1 is 1.14 bits per heavy atom. The molecule has 2 heterocycles. The molecular weight excluding hydrogens is 550 g/mol. The van der Waals surface area contributed by atoms with E-state index in [-0.39, 0.29) is 60.7 Å². The van der Waals surface area contributed by atoms with E-state index in [0.717, 1.165) is 19.3 Å². The van der Waals surface area contributed by atoms with Gasteiger partial charge in [-0.2, -0.15) is 0 Å². The van der Waals surface area contributed by atoms with Crippen molar-refractivity contribution < 1.29 is 29.0 Å². The molecule has 0 spiro atoms. The van der Waals surface area contributed by atoms with E-state index in [2.05, 4.69) is 15.6 Å². The maximum absolute atomic E-state index is 14.2. The van der Waals surface area contributed by atoms with Crippen LogP contribution in [-0.4, -0.2) is 95.4 Å². The third-order valence-corrected chi connectivity index (χ3v) is 7.46. The number of nitrogens with zero attached hydrogens (tertiary/aromatic N) is 3. The van der Waals surface area contributed by atoms with Crippen LogP contribution in [0.4, 0.5) is 10.5 Å². The van der Waals surface area contributed by atoms with Crippen molar-refractivity contribution in [2.45, 2.75) is 78.2 Å². The van der Waals surface area contributed by atoms with Crippen molar-refractivity contribution in [2.75, 3.05) is 38.7 Å². The number of carbonyl (C=O) groups excluding carboxylic acids is 3. The summed E-state index contributed by atoms with van der Waals surface area (Å²) in [7, 11) is 1.73. The number of hydrogen-bond donors (Lipinski definition) is 3. The third-order valence-electron chi connectivity index (χ3n) is 7.46. The SMILES string of the molecule is CC(C)NC(=O)N(C)C[C@@H]1OCCCC[C@@H](C)Oc2ccc(NC(=O)c3ccncc3)cc2C(=O)N([C@H](C)CO)C[C@@H]1C. The molecule has 0 unspecified atom stereocenters. The first-order valence-electron chi connectivity index (χ1n) is 15.1. The number of hydrogen-bond acceptors (Lipinski definition) is 7. The topological polar surface area (TPSA) is 133 Å². The summed E-state index contributed by atoms with van der Waals surface area (Å²) in [6, 6.07) is 7.56. The number of likely N-dealkylation sites (N-methyl/N-ethyl adjacent to an activating group) is 1. The molecule has 1 aliphatic heterocycles. The zero-order chi connectivity index (χ0) is 31.5. The number of carbonyl (C=O) groups is 3. The normalized spacial score (nSPS) is 20.8. The van der Waals surface area contributed by atoms with Gasteiger partial charge in [0.2, 0.25) is 0 Å². The molecule has 4 atom stereocenters. The van der Waals surface area contributed by atoms with Gasteiger partial charge in [-0.3, -0.25) is 14.6 Å². The number of benzene rings is 1. The Morgan fingerprint density at radius 3 is 2.53 bits per heavy atom. The second kappa shape index (κ2) is 16.2. The Balaban J connectivity index is 1.94. The first kappa shape index (κ1) is 33.8. The van der Waals surface area contributed by atoms with Crippen LogP contribution in [0.5, 0.6) is 5.75 Å². The van der Waals surface area contributed by atoms with Crippen molar-refractivity contribution in [1.82, 2.24) is 20.1 Å². The lowest BCUT2D eigenvalue weighted by atomic mass is 10.0. The van der Waals surface area contributed by atoms with Gasteiger partial charge < -0.3 is 35.0 Å². The van der Waals surface area contributed by atoms with Crippen LogP contribution in [0, 0.1) is 5.92 Å². The number of anilines is 1. The number of aliphatic hydroxyl groups excluding tert-OH is 1. The molecule has 0 aliphatic carbocycles. The van der Waals surface area contributed by atoms with E-state index in [4.69, 9.17) is 9.47 Å². The number of nitrogens with one attached hydrogen (secondary N) is 2. The summed E-state index contributed by atoms with van der Waals surface area (Å²) < 4.78 is 12.6. The van der Waals surface area contributed by atoms with Gasteiger partial charge in [0, 0.05) is 62.3 Å². The first-order chi connectivity index (χ1) is 20.5. The van der Waals surface area contributed by atoms with Crippen molar-refractivity contribution in [2.24, 2.45) is 5.92 Å². The Kier molecular flexibility index (Phi) is 12.8. The molecule has 43 heavy (non-hydrogen) atoms. The van der Waals surface area contributed by atoms with Gasteiger partial charge in [-0.1, -0.05) is 6.92 Å². The van der Waals surface area contributed by atoms with Crippen LogP contribution in [0.1, 0.15) is 74.6 Å². The highest BCUT2D eigenvalue weighted by Gasteiger charge is 2.31. The minimum absolute atomic E-state index is 0.000505. The lowest BCUT2D eigenvalue weighted by Crippen LogP contribution is -2.49. The van der Waals surface area contributed by atoms with Gasteiger partial charge in [-0.05, 0) is 77.3 Å². The van der Waals surface area contributed by atoms with Crippen molar-refractivity contribution in [1.29, 1.82) is 0 Å². The predicted octanol–water partition coefficient (Wildman–Crippen LogP) is 4.18. The summed E-state index contributed by atoms with van der Waals surface area (Å²) in [6.45, 7) is 10.4. The van der Waals surface area contributed by atoms with Gasteiger partial charge in [0.25, 0.3) is 11.8 Å². The monoisotopic (exact) mass is 597 g/mol. The molecule has 236 valence electrons. The molecule has 1 aromatic heterocycles. The van der Waals surface area contributed by atoms with Gasteiger partial charge in [0.1, 0.15) is 5.75 Å². The molecule has 1 aliphatic rings. The molecule has 0 bridgehead atoms. The van der Waals surface area contributed by atoms with Gasteiger partial charge in [0.15, 0.2) is 0 Å². The summed E-state index contributed by atoms with van der Waals surface area (Å²) in [5, 5.41) is 15.9. The fourth-order valence-electron chi connectivity index (χ4n) is 4.88. The van der Waals surface area contributed by atoms with Crippen LogP contribution in [0.2, 0.25) is 0 Å². The summed E-state index contributed by atoms with van der Waals surface area (Å²) in [4.78, 5) is 46.9. The van der Waals surface area contributed by atoms with Crippen LogP contribution in [0.3, 0.4) is 0 Å². The van der Waals surface area contributed by atoms with E-state index in [1.165, 1.54) is 12.4 Å². The van der Waals surface area contributed by atoms with E-state index in [0.29, 0.717) is 30.2 Å². The number of ether oxygens (including phenoxy) is 2. The summed E-state index contributed by atoms with van der Waals surface area (Å²) in [6.07, 6.45) is 5.01. The number of urea groups is 1. The Hall–Kier alpha value is -3.70. The average molecular weight is 598 g/mol. The van der Waals surface area contributed by atoms with Crippen LogP contribution >= 0.6 is 0 Å². The summed E-state index contributed by atoms with van der Waals surface area (Å²) >= 11 is 0.